The molecule has 2 aromatic rings. The standard InChI is InChI=1S/C14H14BrClN2OS/c1-2-18(8-10-4-6-13(15)20-10)14(19)11-5-3-9(16)7-12(11)17/h3-7H,2,8,17H2,1H3. The maximum atomic E-state index is 12.5. The number of nitrogens with two attached hydrogens (primary N) is 1. The number of carbonyl (C=O) groups excluding carboxylic acids is 1. The highest BCUT2D eigenvalue weighted by Gasteiger charge is 2.17. The van der Waals surface area contributed by atoms with Gasteiger partial charge in [-0.1, -0.05) is 11.6 Å². The highest BCUT2D eigenvalue weighted by molar-refractivity contribution is 9.11. The Bertz CT molecular complexity index is 629. The Morgan fingerprint density at radius 1 is 1.40 bits per heavy atom. The van der Waals surface area contributed by atoms with Crippen LogP contribution in [-0.2, 0) is 6.54 Å². The molecule has 0 radical (unpaired) electrons. The molecular weight excluding hydrogens is 360 g/mol. The molecule has 3 nitrogen and oxygen atoms in total. The van der Waals surface area contributed by atoms with Crippen molar-refractivity contribution in [2.45, 2.75) is 13.5 Å². The Balaban J connectivity index is 2.20. The van der Waals surface area contributed by atoms with E-state index >= 15 is 0 Å². The largest absolute Gasteiger partial charge is 0.398 e. The van der Waals surface area contributed by atoms with E-state index in [1.807, 2.05) is 19.1 Å². The van der Waals surface area contributed by atoms with Gasteiger partial charge in [-0.15, -0.1) is 11.3 Å². The van der Waals surface area contributed by atoms with Gasteiger partial charge in [0.2, 0.25) is 0 Å². The molecule has 0 aliphatic carbocycles. The summed E-state index contributed by atoms with van der Waals surface area (Å²) in [5, 5.41) is 0.532. The number of halogens is 2. The molecule has 106 valence electrons. The van der Waals surface area contributed by atoms with E-state index in [2.05, 4.69) is 15.9 Å². The fourth-order valence-electron chi connectivity index (χ4n) is 1.85. The van der Waals surface area contributed by atoms with Crippen LogP contribution >= 0.6 is 38.9 Å². The van der Waals surface area contributed by atoms with Crippen LogP contribution in [-0.4, -0.2) is 17.4 Å². The number of nitrogens with zero attached hydrogens (tertiary/aromatic N) is 1. The van der Waals surface area contributed by atoms with Crippen molar-refractivity contribution in [1.82, 2.24) is 4.90 Å². The average molecular weight is 374 g/mol. The van der Waals surface area contributed by atoms with E-state index in [0.29, 0.717) is 29.4 Å². The van der Waals surface area contributed by atoms with Gasteiger partial charge in [0.25, 0.3) is 5.91 Å². The molecule has 0 aliphatic rings. The van der Waals surface area contributed by atoms with Crippen molar-refractivity contribution < 1.29 is 4.79 Å². The molecule has 0 unspecified atom stereocenters. The summed E-state index contributed by atoms with van der Waals surface area (Å²) in [4.78, 5) is 15.4. The van der Waals surface area contributed by atoms with Crippen LogP contribution in [0.1, 0.15) is 22.2 Å². The van der Waals surface area contributed by atoms with E-state index in [4.69, 9.17) is 17.3 Å². The topological polar surface area (TPSA) is 46.3 Å². The van der Waals surface area contributed by atoms with Gasteiger partial charge in [-0.2, -0.15) is 0 Å². The van der Waals surface area contributed by atoms with Crippen molar-refractivity contribution in [3.63, 3.8) is 0 Å². The second-order valence-corrected chi connectivity index (χ2v) is 7.24. The zero-order valence-corrected chi connectivity index (χ0v) is 14.1. The van der Waals surface area contributed by atoms with Crippen LogP contribution in [0.3, 0.4) is 0 Å². The maximum Gasteiger partial charge on any atom is 0.256 e. The maximum absolute atomic E-state index is 12.5. The molecule has 1 aromatic carbocycles. The molecule has 1 heterocycles. The molecule has 0 spiro atoms. The molecule has 6 heteroatoms. The third-order valence-electron chi connectivity index (χ3n) is 2.89. The molecule has 20 heavy (non-hydrogen) atoms. The van der Waals surface area contributed by atoms with Crippen LogP contribution < -0.4 is 5.73 Å². The third-order valence-corrected chi connectivity index (χ3v) is 4.73. The monoisotopic (exact) mass is 372 g/mol. The summed E-state index contributed by atoms with van der Waals surface area (Å²) < 4.78 is 1.06. The summed E-state index contributed by atoms with van der Waals surface area (Å²) in [6, 6.07) is 8.95. The Labute approximate surface area is 135 Å². The van der Waals surface area contributed by atoms with Crippen LogP contribution in [0.15, 0.2) is 34.1 Å². The second-order valence-electron chi connectivity index (χ2n) is 4.26. The zero-order valence-electron chi connectivity index (χ0n) is 10.9. The molecule has 1 amide bonds. The molecule has 2 N–H and O–H groups in total. The van der Waals surface area contributed by atoms with Gasteiger partial charge in [-0.05, 0) is 53.2 Å². The lowest BCUT2D eigenvalue weighted by Gasteiger charge is -2.21. The molecular formula is C14H14BrClN2OS. The number of anilines is 1. The molecule has 0 atom stereocenters. The van der Waals surface area contributed by atoms with Crippen molar-refractivity contribution in [1.29, 1.82) is 0 Å². The SMILES string of the molecule is CCN(Cc1ccc(Br)s1)C(=O)c1ccc(Cl)cc1N. The molecule has 0 saturated carbocycles. The van der Waals surface area contributed by atoms with E-state index in [1.54, 1.807) is 34.4 Å². The van der Waals surface area contributed by atoms with Crippen LogP contribution in [0.4, 0.5) is 5.69 Å². The lowest BCUT2D eigenvalue weighted by atomic mass is 10.1. The van der Waals surface area contributed by atoms with Crippen molar-refractivity contribution >= 4 is 50.5 Å². The van der Waals surface area contributed by atoms with Gasteiger partial charge in [0.15, 0.2) is 0 Å². The summed E-state index contributed by atoms with van der Waals surface area (Å²) >= 11 is 10.9. The average Bonchev–Trinajstić information content (AvgIpc) is 2.81. The van der Waals surface area contributed by atoms with Gasteiger partial charge in [-0.3, -0.25) is 4.79 Å². The summed E-state index contributed by atoms with van der Waals surface area (Å²) in [7, 11) is 0. The van der Waals surface area contributed by atoms with Gasteiger partial charge in [0.1, 0.15) is 0 Å². The number of amides is 1. The van der Waals surface area contributed by atoms with E-state index < -0.39 is 0 Å². The van der Waals surface area contributed by atoms with Crippen LogP contribution in [0.5, 0.6) is 0 Å². The number of benzene rings is 1. The highest BCUT2D eigenvalue weighted by atomic mass is 79.9. The number of thiophene rings is 1. The van der Waals surface area contributed by atoms with Crippen molar-refractivity contribution in [2.24, 2.45) is 0 Å². The quantitative estimate of drug-likeness (QED) is 0.807. The summed E-state index contributed by atoms with van der Waals surface area (Å²) in [5.41, 5.74) is 6.78. The minimum atomic E-state index is -0.0776. The molecule has 0 fully saturated rings. The zero-order chi connectivity index (χ0) is 14.7. The van der Waals surface area contributed by atoms with Crippen LogP contribution in [0.25, 0.3) is 0 Å². The first-order valence-electron chi connectivity index (χ1n) is 6.09. The lowest BCUT2D eigenvalue weighted by Crippen LogP contribution is -2.30. The fourth-order valence-corrected chi connectivity index (χ4v) is 3.53. The Morgan fingerprint density at radius 3 is 2.70 bits per heavy atom. The van der Waals surface area contributed by atoms with Crippen LogP contribution in [0, 0.1) is 0 Å². The molecule has 0 bridgehead atoms. The van der Waals surface area contributed by atoms with E-state index in [9.17, 15) is 4.79 Å². The van der Waals surface area contributed by atoms with Crippen LogP contribution in [0.2, 0.25) is 5.02 Å². The normalized spacial score (nSPS) is 10.6. The Hall–Kier alpha value is -1.04. The second kappa shape index (κ2) is 6.61. The van der Waals surface area contributed by atoms with E-state index in [0.717, 1.165) is 8.66 Å². The van der Waals surface area contributed by atoms with Crippen molar-refractivity contribution in [3.8, 4) is 0 Å². The van der Waals surface area contributed by atoms with Gasteiger partial charge in [-0.25, -0.2) is 0 Å². The van der Waals surface area contributed by atoms with Gasteiger partial charge < -0.3 is 10.6 Å². The van der Waals surface area contributed by atoms with Gasteiger partial charge in [0, 0.05) is 22.1 Å². The number of hydrogen-bond donors (Lipinski definition) is 1. The lowest BCUT2D eigenvalue weighted by molar-refractivity contribution is 0.0755. The number of carbonyl (C=O) groups is 1. The predicted molar refractivity (Wildman–Crippen MR) is 88.3 cm³/mol. The first-order chi connectivity index (χ1) is 9.51. The van der Waals surface area contributed by atoms with E-state index in [1.165, 1.54) is 0 Å². The van der Waals surface area contributed by atoms with Crippen molar-refractivity contribution in [3.05, 3.63) is 49.6 Å². The first-order valence-corrected chi connectivity index (χ1v) is 8.08. The number of hydrogen-bond acceptors (Lipinski definition) is 3. The summed E-state index contributed by atoms with van der Waals surface area (Å²) in [6.07, 6.45) is 0. The fraction of sp³-hybridized carbons (Fsp3) is 0.214. The molecule has 1 aromatic heterocycles. The Morgan fingerprint density at radius 2 is 2.15 bits per heavy atom. The summed E-state index contributed by atoms with van der Waals surface area (Å²) in [5.74, 6) is -0.0776. The predicted octanol–water partition coefficient (Wildman–Crippen LogP) is 4.41. The third kappa shape index (κ3) is 3.53. The van der Waals surface area contributed by atoms with Gasteiger partial charge >= 0.3 is 0 Å². The molecule has 0 saturated heterocycles. The van der Waals surface area contributed by atoms with Gasteiger partial charge in [0.05, 0.1) is 15.9 Å². The number of rotatable bonds is 4. The smallest absolute Gasteiger partial charge is 0.256 e. The first kappa shape index (κ1) is 15.4. The molecule has 0 aliphatic heterocycles. The number of nitrogen functional groups attached to an aromatic ring is 1. The Kier molecular flexibility index (Phi) is 5.07. The highest BCUT2D eigenvalue weighted by Crippen LogP contribution is 2.25. The minimum Gasteiger partial charge on any atom is -0.398 e. The van der Waals surface area contributed by atoms with E-state index in [-0.39, 0.29) is 5.91 Å². The minimum absolute atomic E-state index is 0.0776. The molecule has 2 rings (SSSR count). The van der Waals surface area contributed by atoms with Crippen molar-refractivity contribution in [2.75, 3.05) is 12.3 Å². The summed E-state index contributed by atoms with van der Waals surface area (Å²) in [6.45, 7) is 3.15.